The van der Waals surface area contributed by atoms with E-state index in [4.69, 9.17) is 0 Å². The van der Waals surface area contributed by atoms with Gasteiger partial charge >= 0.3 is 6.18 Å². The van der Waals surface area contributed by atoms with E-state index in [-0.39, 0.29) is 11.8 Å². The van der Waals surface area contributed by atoms with Crippen molar-refractivity contribution < 1.29 is 18.0 Å². The molecule has 0 saturated carbocycles. The number of alkyl halides is 3. The van der Waals surface area contributed by atoms with Crippen LogP contribution in [0, 0.1) is 5.92 Å². The summed E-state index contributed by atoms with van der Waals surface area (Å²) < 4.78 is 38.8. The van der Waals surface area contributed by atoms with Crippen molar-refractivity contribution >= 4 is 12.0 Å². The van der Waals surface area contributed by atoms with Crippen LogP contribution < -0.4 is 4.90 Å². The van der Waals surface area contributed by atoms with Crippen molar-refractivity contribution in [3.63, 3.8) is 0 Å². The summed E-state index contributed by atoms with van der Waals surface area (Å²) in [5, 5.41) is 0. The van der Waals surface area contributed by atoms with Gasteiger partial charge in [0.25, 0.3) is 0 Å². The van der Waals surface area contributed by atoms with Crippen LogP contribution in [-0.4, -0.2) is 19.4 Å². The first-order valence-corrected chi connectivity index (χ1v) is 6.87. The Morgan fingerprint density at radius 3 is 2.75 bits per heavy atom. The highest BCUT2D eigenvalue weighted by molar-refractivity contribution is 5.79. The molecule has 1 aliphatic heterocycles. The summed E-state index contributed by atoms with van der Waals surface area (Å²) in [6.45, 7) is 3.66. The second kappa shape index (κ2) is 5.85. The van der Waals surface area contributed by atoms with Crippen molar-refractivity contribution in [3.05, 3.63) is 29.3 Å². The molecule has 1 atom stereocenters. The molecule has 0 N–H and O–H groups in total. The molecule has 0 amide bonds. The first kappa shape index (κ1) is 14.9. The Kier molecular flexibility index (Phi) is 4.35. The van der Waals surface area contributed by atoms with Crippen LogP contribution in [-0.2, 0) is 6.18 Å². The van der Waals surface area contributed by atoms with Gasteiger partial charge in [0, 0.05) is 24.3 Å². The lowest BCUT2D eigenvalue weighted by Gasteiger charge is -2.34. The number of benzene rings is 1. The molecule has 1 aromatic carbocycles. The van der Waals surface area contributed by atoms with Gasteiger partial charge in [0.05, 0.1) is 5.56 Å². The molecule has 110 valence electrons. The molecule has 5 heteroatoms. The number of carbonyl (C=O) groups is 1. The number of piperidine rings is 1. The molecule has 1 saturated heterocycles. The Hall–Kier alpha value is -1.52. The third-order valence-corrected chi connectivity index (χ3v) is 3.93. The van der Waals surface area contributed by atoms with Crippen LogP contribution in [0.2, 0.25) is 0 Å². The van der Waals surface area contributed by atoms with Crippen LogP contribution >= 0.6 is 0 Å². The third-order valence-electron chi connectivity index (χ3n) is 3.93. The van der Waals surface area contributed by atoms with Crippen molar-refractivity contribution in [2.45, 2.75) is 32.4 Å². The van der Waals surface area contributed by atoms with E-state index in [0.717, 1.165) is 38.4 Å². The van der Waals surface area contributed by atoms with E-state index in [1.54, 1.807) is 6.07 Å². The van der Waals surface area contributed by atoms with Gasteiger partial charge in [0.2, 0.25) is 0 Å². The molecule has 0 spiro atoms. The number of anilines is 1. The molecule has 0 bridgehead atoms. The molecule has 1 aliphatic rings. The second-order valence-electron chi connectivity index (χ2n) is 5.25. The number of carbonyl (C=O) groups excluding carboxylic acids is 1. The molecule has 0 radical (unpaired) electrons. The fourth-order valence-corrected chi connectivity index (χ4v) is 2.72. The highest BCUT2D eigenvalue weighted by atomic mass is 19.4. The van der Waals surface area contributed by atoms with Crippen molar-refractivity contribution in [3.8, 4) is 0 Å². The maximum absolute atomic E-state index is 12.9. The number of halogens is 3. The van der Waals surface area contributed by atoms with E-state index >= 15 is 0 Å². The second-order valence-corrected chi connectivity index (χ2v) is 5.25. The van der Waals surface area contributed by atoms with Crippen molar-refractivity contribution in [2.24, 2.45) is 5.92 Å². The predicted molar refractivity (Wildman–Crippen MR) is 72.1 cm³/mol. The van der Waals surface area contributed by atoms with Crippen molar-refractivity contribution in [1.82, 2.24) is 0 Å². The average molecular weight is 285 g/mol. The van der Waals surface area contributed by atoms with Gasteiger partial charge in [0.1, 0.15) is 0 Å². The topological polar surface area (TPSA) is 20.3 Å². The van der Waals surface area contributed by atoms with Gasteiger partial charge < -0.3 is 4.90 Å². The zero-order valence-electron chi connectivity index (χ0n) is 11.4. The molecule has 2 rings (SSSR count). The van der Waals surface area contributed by atoms with E-state index in [1.807, 2.05) is 4.90 Å². The first-order chi connectivity index (χ1) is 9.45. The summed E-state index contributed by atoms with van der Waals surface area (Å²) in [6.07, 6.45) is -1.07. The molecule has 2 nitrogen and oxygen atoms in total. The Labute approximate surface area is 116 Å². The lowest BCUT2D eigenvalue weighted by Crippen LogP contribution is -2.35. The Morgan fingerprint density at radius 1 is 1.40 bits per heavy atom. The smallest absolute Gasteiger partial charge is 0.371 e. The number of rotatable bonds is 3. The molecule has 1 unspecified atom stereocenters. The lowest BCUT2D eigenvalue weighted by molar-refractivity contribution is -0.137. The van der Waals surface area contributed by atoms with Crippen molar-refractivity contribution in [2.75, 3.05) is 18.0 Å². The number of nitrogens with zero attached hydrogens (tertiary/aromatic N) is 1. The zero-order chi connectivity index (χ0) is 14.8. The highest BCUT2D eigenvalue weighted by Gasteiger charge is 2.34. The summed E-state index contributed by atoms with van der Waals surface area (Å²) in [7, 11) is 0. The average Bonchev–Trinajstić information content (AvgIpc) is 2.45. The number of aldehydes is 1. The molecule has 1 heterocycles. The van der Waals surface area contributed by atoms with Gasteiger partial charge in [-0.1, -0.05) is 13.3 Å². The highest BCUT2D eigenvalue weighted by Crippen LogP contribution is 2.35. The minimum Gasteiger partial charge on any atom is -0.371 e. The van der Waals surface area contributed by atoms with Crippen LogP contribution in [0.5, 0.6) is 0 Å². The summed E-state index contributed by atoms with van der Waals surface area (Å²) >= 11 is 0. The van der Waals surface area contributed by atoms with Crippen LogP contribution in [0.4, 0.5) is 18.9 Å². The maximum Gasteiger partial charge on any atom is 0.417 e. The quantitative estimate of drug-likeness (QED) is 0.778. The van der Waals surface area contributed by atoms with Crippen LogP contribution in [0.15, 0.2) is 18.2 Å². The normalized spacial score (nSPS) is 20.0. The zero-order valence-corrected chi connectivity index (χ0v) is 11.4. The summed E-state index contributed by atoms with van der Waals surface area (Å²) in [5.74, 6) is 0.531. The third kappa shape index (κ3) is 3.14. The van der Waals surface area contributed by atoms with E-state index in [9.17, 15) is 18.0 Å². The van der Waals surface area contributed by atoms with Gasteiger partial charge in [-0.15, -0.1) is 0 Å². The monoisotopic (exact) mass is 285 g/mol. The predicted octanol–water partition coefficient (Wildman–Crippen LogP) is 4.14. The van der Waals surface area contributed by atoms with Gasteiger partial charge in [0.15, 0.2) is 6.29 Å². The van der Waals surface area contributed by atoms with Crippen LogP contribution in [0.1, 0.15) is 42.1 Å². The molecule has 0 aliphatic carbocycles. The lowest BCUT2D eigenvalue weighted by atomic mass is 9.95. The molecular weight excluding hydrogens is 267 g/mol. The summed E-state index contributed by atoms with van der Waals surface area (Å²) in [6, 6.07) is 3.97. The van der Waals surface area contributed by atoms with E-state index in [0.29, 0.717) is 11.6 Å². The Balaban J connectivity index is 2.31. The standard InChI is InChI=1S/C15H18F3NO/c1-2-11-4-3-7-19(9-11)13-6-5-12(10-20)14(8-13)15(16,17)18/h5-6,8,10-11H,2-4,7,9H2,1H3. The SMILES string of the molecule is CCC1CCCN(c2ccc(C=O)c(C(F)(F)F)c2)C1. The number of hydrogen-bond acceptors (Lipinski definition) is 2. The fraction of sp³-hybridized carbons (Fsp3) is 0.533. The molecule has 1 aromatic rings. The van der Waals surface area contributed by atoms with Crippen LogP contribution in [0.25, 0.3) is 0 Å². The van der Waals surface area contributed by atoms with Gasteiger partial charge in [-0.25, -0.2) is 0 Å². The minimum atomic E-state index is -4.49. The van der Waals surface area contributed by atoms with E-state index in [1.165, 1.54) is 6.07 Å². The van der Waals surface area contributed by atoms with Crippen LogP contribution in [0.3, 0.4) is 0 Å². The largest absolute Gasteiger partial charge is 0.417 e. The Morgan fingerprint density at radius 2 is 2.15 bits per heavy atom. The summed E-state index contributed by atoms with van der Waals surface area (Å²) in [5.41, 5.74) is -0.588. The fourth-order valence-electron chi connectivity index (χ4n) is 2.72. The van der Waals surface area contributed by atoms with Gasteiger partial charge in [-0.05, 0) is 37.0 Å². The Bertz CT molecular complexity index is 484. The van der Waals surface area contributed by atoms with Gasteiger partial charge in [-0.2, -0.15) is 13.2 Å². The van der Waals surface area contributed by atoms with Gasteiger partial charge in [-0.3, -0.25) is 4.79 Å². The van der Waals surface area contributed by atoms with E-state index in [2.05, 4.69) is 6.92 Å². The minimum absolute atomic E-state index is 0.262. The molecule has 1 fully saturated rings. The van der Waals surface area contributed by atoms with E-state index < -0.39 is 11.7 Å². The van der Waals surface area contributed by atoms with Crippen molar-refractivity contribution in [1.29, 1.82) is 0 Å². The summed E-state index contributed by atoms with van der Waals surface area (Å²) in [4.78, 5) is 12.7. The molecular formula is C15H18F3NO. The number of hydrogen-bond donors (Lipinski definition) is 0. The first-order valence-electron chi connectivity index (χ1n) is 6.87. The molecule has 0 aromatic heterocycles. The molecule has 20 heavy (non-hydrogen) atoms. The maximum atomic E-state index is 12.9.